The quantitative estimate of drug-likeness (QED) is 0.776. The summed E-state index contributed by atoms with van der Waals surface area (Å²) in [6.45, 7) is 0.254. The summed E-state index contributed by atoms with van der Waals surface area (Å²) in [7, 11) is 0. The predicted molar refractivity (Wildman–Crippen MR) is 84.6 cm³/mol. The van der Waals surface area contributed by atoms with Gasteiger partial charge in [-0.05, 0) is 30.5 Å². The summed E-state index contributed by atoms with van der Waals surface area (Å²) in [5, 5.41) is 2.93. The Morgan fingerprint density at radius 2 is 2.04 bits per heavy atom. The van der Waals surface area contributed by atoms with Gasteiger partial charge in [0.05, 0.1) is 5.52 Å². The summed E-state index contributed by atoms with van der Waals surface area (Å²) in [5.41, 5.74) is 2.04. The van der Waals surface area contributed by atoms with E-state index in [1.54, 1.807) is 6.20 Å². The lowest BCUT2D eigenvalue weighted by molar-refractivity contribution is 0.133. The number of ether oxygens (including phenoxy) is 1. The van der Waals surface area contributed by atoms with Crippen LogP contribution in [0.25, 0.3) is 11.2 Å². The molecule has 1 aliphatic rings. The Bertz CT molecular complexity index is 807. The van der Waals surface area contributed by atoms with Gasteiger partial charge < -0.3 is 15.0 Å². The molecule has 1 aliphatic carbocycles. The number of fused-ring (bicyclic) bond motifs is 1. The monoisotopic (exact) mass is 308 g/mol. The first kappa shape index (κ1) is 13.8. The van der Waals surface area contributed by atoms with E-state index in [0.717, 1.165) is 29.7 Å². The molecule has 0 radical (unpaired) electrons. The summed E-state index contributed by atoms with van der Waals surface area (Å²) in [6, 6.07) is 13.4. The third-order valence-corrected chi connectivity index (χ3v) is 4.01. The first-order valence-electron chi connectivity index (χ1n) is 7.55. The van der Waals surface area contributed by atoms with Crippen LogP contribution in [0.5, 0.6) is 0 Å². The highest BCUT2D eigenvalue weighted by Gasteiger charge is 2.49. The number of hydrogen-bond acceptors (Lipinski definition) is 4. The minimum Gasteiger partial charge on any atom is -0.445 e. The maximum absolute atomic E-state index is 12.1. The molecule has 23 heavy (non-hydrogen) atoms. The number of pyridine rings is 1. The number of carbonyl (C=O) groups is 1. The molecule has 0 saturated heterocycles. The first-order chi connectivity index (χ1) is 11.3. The summed E-state index contributed by atoms with van der Waals surface area (Å²) < 4.78 is 5.29. The summed E-state index contributed by atoms with van der Waals surface area (Å²) in [4.78, 5) is 24.0. The normalized spacial score (nSPS) is 15.3. The average Bonchev–Trinajstić information content (AvgIpc) is 3.22. The molecule has 2 heterocycles. The predicted octanol–water partition coefficient (Wildman–Crippen LogP) is 2.87. The second kappa shape index (κ2) is 5.39. The van der Waals surface area contributed by atoms with Gasteiger partial charge in [-0.1, -0.05) is 30.3 Å². The van der Waals surface area contributed by atoms with E-state index in [1.165, 1.54) is 0 Å². The third kappa shape index (κ3) is 2.75. The number of aromatic nitrogens is 3. The fourth-order valence-electron chi connectivity index (χ4n) is 2.57. The van der Waals surface area contributed by atoms with Gasteiger partial charge in [-0.2, -0.15) is 0 Å². The van der Waals surface area contributed by atoms with Crippen molar-refractivity contribution in [2.75, 3.05) is 0 Å². The van der Waals surface area contributed by atoms with Crippen LogP contribution >= 0.6 is 0 Å². The van der Waals surface area contributed by atoms with Crippen LogP contribution in [-0.2, 0) is 16.9 Å². The number of H-pyrrole nitrogens is 1. The van der Waals surface area contributed by atoms with E-state index >= 15 is 0 Å². The summed E-state index contributed by atoms with van der Waals surface area (Å²) >= 11 is 0. The molecular weight excluding hydrogens is 292 g/mol. The van der Waals surface area contributed by atoms with E-state index in [1.807, 2.05) is 42.5 Å². The van der Waals surface area contributed by atoms with Crippen molar-refractivity contribution in [3.63, 3.8) is 0 Å². The average molecular weight is 308 g/mol. The second-order valence-electron chi connectivity index (χ2n) is 5.73. The smallest absolute Gasteiger partial charge is 0.408 e. The number of carbonyl (C=O) groups excluding carboxylic acids is 1. The van der Waals surface area contributed by atoms with Gasteiger partial charge in [-0.15, -0.1) is 0 Å². The van der Waals surface area contributed by atoms with Crippen LogP contribution in [0.4, 0.5) is 4.79 Å². The molecule has 0 aliphatic heterocycles. The summed E-state index contributed by atoms with van der Waals surface area (Å²) in [5.74, 6) is 0.739. The number of rotatable bonds is 4. The summed E-state index contributed by atoms with van der Waals surface area (Å²) in [6.07, 6.45) is 2.95. The minimum absolute atomic E-state index is 0.254. The van der Waals surface area contributed by atoms with Gasteiger partial charge in [0.25, 0.3) is 0 Å². The lowest BCUT2D eigenvalue weighted by atomic mass is 10.2. The molecule has 1 amide bonds. The molecule has 0 bridgehead atoms. The zero-order valence-electron chi connectivity index (χ0n) is 12.5. The Morgan fingerprint density at radius 3 is 2.78 bits per heavy atom. The Balaban J connectivity index is 1.44. The van der Waals surface area contributed by atoms with Crippen LogP contribution in [0.1, 0.15) is 24.2 Å². The van der Waals surface area contributed by atoms with Crippen LogP contribution in [0, 0.1) is 0 Å². The van der Waals surface area contributed by atoms with Crippen molar-refractivity contribution in [1.29, 1.82) is 0 Å². The van der Waals surface area contributed by atoms with E-state index in [-0.39, 0.29) is 6.61 Å². The van der Waals surface area contributed by atoms with E-state index in [9.17, 15) is 4.79 Å². The topological polar surface area (TPSA) is 79.9 Å². The zero-order chi connectivity index (χ0) is 15.7. The molecule has 0 atom stereocenters. The molecule has 1 saturated carbocycles. The standard InChI is InChI=1S/C17H16N4O2/c22-16(23-11-12-5-2-1-3-6-12)21-17(8-9-17)15-19-13-7-4-10-18-14(13)20-15/h1-7,10H,8-9,11H2,(H,21,22)(H,18,19,20). The van der Waals surface area contributed by atoms with Crippen molar-refractivity contribution < 1.29 is 9.53 Å². The van der Waals surface area contributed by atoms with Crippen molar-refractivity contribution in [3.8, 4) is 0 Å². The van der Waals surface area contributed by atoms with Gasteiger partial charge in [0.1, 0.15) is 18.0 Å². The molecule has 0 spiro atoms. The first-order valence-corrected chi connectivity index (χ1v) is 7.55. The van der Waals surface area contributed by atoms with Gasteiger partial charge in [-0.25, -0.2) is 14.8 Å². The van der Waals surface area contributed by atoms with Crippen molar-refractivity contribution in [1.82, 2.24) is 20.3 Å². The Kier molecular flexibility index (Phi) is 3.22. The second-order valence-corrected chi connectivity index (χ2v) is 5.73. The van der Waals surface area contributed by atoms with E-state index in [4.69, 9.17) is 4.74 Å². The maximum atomic E-state index is 12.1. The third-order valence-electron chi connectivity index (χ3n) is 4.01. The Hall–Kier alpha value is -2.89. The fraction of sp³-hybridized carbons (Fsp3) is 0.235. The lowest BCUT2D eigenvalue weighted by Gasteiger charge is -2.14. The maximum Gasteiger partial charge on any atom is 0.408 e. The highest BCUT2D eigenvalue weighted by Crippen LogP contribution is 2.44. The fourth-order valence-corrected chi connectivity index (χ4v) is 2.57. The molecule has 6 nitrogen and oxygen atoms in total. The molecule has 4 rings (SSSR count). The van der Waals surface area contributed by atoms with Gasteiger partial charge in [0, 0.05) is 6.20 Å². The van der Waals surface area contributed by atoms with Gasteiger partial charge in [-0.3, -0.25) is 0 Å². The molecule has 1 aromatic carbocycles. The van der Waals surface area contributed by atoms with E-state index in [2.05, 4.69) is 20.3 Å². The molecule has 2 N–H and O–H groups in total. The van der Waals surface area contributed by atoms with Crippen molar-refractivity contribution >= 4 is 17.3 Å². The van der Waals surface area contributed by atoms with Crippen molar-refractivity contribution in [3.05, 3.63) is 60.0 Å². The van der Waals surface area contributed by atoms with Crippen LogP contribution in [-0.4, -0.2) is 21.0 Å². The molecule has 1 fully saturated rings. The van der Waals surface area contributed by atoms with Crippen LogP contribution < -0.4 is 5.32 Å². The largest absolute Gasteiger partial charge is 0.445 e. The molecule has 0 unspecified atom stereocenters. The van der Waals surface area contributed by atoms with Crippen LogP contribution in [0.15, 0.2) is 48.7 Å². The van der Waals surface area contributed by atoms with Crippen LogP contribution in [0.2, 0.25) is 0 Å². The number of nitrogens with one attached hydrogen (secondary N) is 2. The number of imidazole rings is 1. The number of aromatic amines is 1. The SMILES string of the molecule is O=C(NC1(c2nc3ncccc3[nH]2)CC1)OCc1ccccc1. The number of benzene rings is 1. The molecule has 2 aromatic heterocycles. The van der Waals surface area contributed by atoms with E-state index < -0.39 is 11.6 Å². The molecule has 6 heteroatoms. The minimum atomic E-state index is -0.450. The number of hydrogen-bond donors (Lipinski definition) is 2. The molecule has 116 valence electrons. The van der Waals surface area contributed by atoms with Gasteiger partial charge in [0.2, 0.25) is 0 Å². The number of nitrogens with zero attached hydrogens (tertiary/aromatic N) is 2. The number of amides is 1. The van der Waals surface area contributed by atoms with E-state index in [0.29, 0.717) is 5.65 Å². The number of alkyl carbamates (subject to hydrolysis) is 1. The zero-order valence-corrected chi connectivity index (χ0v) is 12.5. The Labute approximate surface area is 132 Å². The highest BCUT2D eigenvalue weighted by molar-refractivity contribution is 5.72. The molecular formula is C17H16N4O2. The van der Waals surface area contributed by atoms with Gasteiger partial charge >= 0.3 is 6.09 Å². The van der Waals surface area contributed by atoms with Crippen molar-refractivity contribution in [2.24, 2.45) is 0 Å². The highest BCUT2D eigenvalue weighted by atomic mass is 16.5. The lowest BCUT2D eigenvalue weighted by Crippen LogP contribution is -2.36. The van der Waals surface area contributed by atoms with Gasteiger partial charge in [0.15, 0.2) is 5.65 Å². The van der Waals surface area contributed by atoms with Crippen LogP contribution in [0.3, 0.4) is 0 Å². The Morgan fingerprint density at radius 1 is 1.22 bits per heavy atom. The van der Waals surface area contributed by atoms with Crippen molar-refractivity contribution in [2.45, 2.75) is 25.0 Å². The molecule has 3 aromatic rings.